The fraction of sp³-hybridized carbons (Fsp3) is 0.533. The summed E-state index contributed by atoms with van der Waals surface area (Å²) in [6.07, 6.45) is 2.42. The van der Waals surface area contributed by atoms with Crippen molar-refractivity contribution >= 4 is 16.8 Å². The Morgan fingerprint density at radius 2 is 2.15 bits per heavy atom. The number of oxazole rings is 1. The van der Waals surface area contributed by atoms with Crippen molar-refractivity contribution in [2.45, 2.75) is 25.4 Å². The summed E-state index contributed by atoms with van der Waals surface area (Å²) in [4.78, 5) is 9.26. The molecule has 2 heterocycles. The number of nitrogens with two attached hydrogens (primary N) is 1. The SMILES string of the molecule is CN1CCC(N(C)Cc2nc3ccc(N)cc3o2)CC1. The molecule has 0 bridgehead atoms. The van der Waals surface area contributed by atoms with E-state index in [9.17, 15) is 0 Å². The second kappa shape index (κ2) is 5.42. The highest BCUT2D eigenvalue weighted by molar-refractivity contribution is 5.76. The molecular formula is C15H22N4O. The molecule has 0 aliphatic carbocycles. The van der Waals surface area contributed by atoms with Crippen LogP contribution < -0.4 is 5.73 Å². The molecule has 1 aromatic carbocycles. The number of piperidine rings is 1. The lowest BCUT2D eigenvalue weighted by molar-refractivity contribution is 0.131. The Morgan fingerprint density at radius 3 is 2.90 bits per heavy atom. The van der Waals surface area contributed by atoms with E-state index in [-0.39, 0.29) is 0 Å². The third-order valence-electron chi connectivity index (χ3n) is 4.15. The van der Waals surface area contributed by atoms with Crippen LogP contribution in [0.2, 0.25) is 0 Å². The third kappa shape index (κ3) is 2.78. The predicted molar refractivity (Wildman–Crippen MR) is 80.4 cm³/mol. The molecule has 1 saturated heterocycles. The summed E-state index contributed by atoms with van der Waals surface area (Å²) >= 11 is 0. The molecule has 0 radical (unpaired) electrons. The minimum absolute atomic E-state index is 0.617. The number of nitrogen functional groups attached to an aromatic ring is 1. The zero-order chi connectivity index (χ0) is 14.1. The molecule has 3 rings (SSSR count). The Labute approximate surface area is 119 Å². The Balaban J connectivity index is 1.69. The van der Waals surface area contributed by atoms with Crippen molar-refractivity contribution in [1.82, 2.24) is 14.8 Å². The van der Waals surface area contributed by atoms with Gasteiger partial charge in [0, 0.05) is 17.8 Å². The van der Waals surface area contributed by atoms with Crippen LogP contribution in [0.4, 0.5) is 5.69 Å². The summed E-state index contributed by atoms with van der Waals surface area (Å²) in [6.45, 7) is 3.08. The first-order chi connectivity index (χ1) is 9.61. The van der Waals surface area contributed by atoms with E-state index in [4.69, 9.17) is 10.2 Å². The summed E-state index contributed by atoms with van der Waals surface area (Å²) in [6, 6.07) is 6.22. The van der Waals surface area contributed by atoms with Gasteiger partial charge in [0.05, 0.1) is 6.54 Å². The number of likely N-dealkylation sites (tertiary alicyclic amines) is 1. The first-order valence-corrected chi connectivity index (χ1v) is 7.15. The lowest BCUT2D eigenvalue weighted by Gasteiger charge is -2.34. The van der Waals surface area contributed by atoms with E-state index >= 15 is 0 Å². The molecule has 1 aliphatic heterocycles. The van der Waals surface area contributed by atoms with Crippen molar-refractivity contribution in [3.8, 4) is 0 Å². The van der Waals surface area contributed by atoms with Crippen molar-refractivity contribution in [2.75, 3.05) is 32.9 Å². The van der Waals surface area contributed by atoms with Gasteiger partial charge in [-0.2, -0.15) is 0 Å². The van der Waals surface area contributed by atoms with Gasteiger partial charge >= 0.3 is 0 Å². The van der Waals surface area contributed by atoms with Crippen LogP contribution in [0.15, 0.2) is 22.6 Å². The third-order valence-corrected chi connectivity index (χ3v) is 4.15. The zero-order valence-corrected chi connectivity index (χ0v) is 12.2. The smallest absolute Gasteiger partial charge is 0.209 e. The Hall–Kier alpha value is -1.59. The van der Waals surface area contributed by atoms with Crippen molar-refractivity contribution in [2.24, 2.45) is 0 Å². The Morgan fingerprint density at radius 1 is 1.40 bits per heavy atom. The molecule has 5 nitrogen and oxygen atoms in total. The van der Waals surface area contributed by atoms with Gasteiger partial charge in [-0.1, -0.05) is 0 Å². The van der Waals surface area contributed by atoms with Crippen molar-refractivity contribution < 1.29 is 4.42 Å². The maximum absolute atomic E-state index is 5.79. The molecule has 0 spiro atoms. The van der Waals surface area contributed by atoms with Crippen LogP contribution in [0.1, 0.15) is 18.7 Å². The number of hydrogen-bond acceptors (Lipinski definition) is 5. The monoisotopic (exact) mass is 274 g/mol. The number of aromatic nitrogens is 1. The molecule has 1 fully saturated rings. The molecule has 108 valence electrons. The van der Waals surface area contributed by atoms with E-state index in [0.717, 1.165) is 23.5 Å². The summed E-state index contributed by atoms with van der Waals surface area (Å²) in [5.74, 6) is 0.770. The maximum Gasteiger partial charge on any atom is 0.209 e. The topological polar surface area (TPSA) is 58.5 Å². The van der Waals surface area contributed by atoms with Crippen LogP contribution in [-0.2, 0) is 6.54 Å². The molecule has 1 aliphatic rings. The lowest BCUT2D eigenvalue weighted by Crippen LogP contribution is -2.41. The highest BCUT2D eigenvalue weighted by Crippen LogP contribution is 2.21. The van der Waals surface area contributed by atoms with Crippen molar-refractivity contribution in [1.29, 1.82) is 0 Å². The molecule has 0 saturated carbocycles. The van der Waals surface area contributed by atoms with Gasteiger partial charge in [-0.25, -0.2) is 4.98 Å². The molecule has 5 heteroatoms. The molecule has 0 unspecified atom stereocenters. The molecule has 2 N–H and O–H groups in total. The van der Waals surface area contributed by atoms with Crippen molar-refractivity contribution in [3.05, 3.63) is 24.1 Å². The molecular weight excluding hydrogens is 252 g/mol. The van der Waals surface area contributed by atoms with Gasteiger partial charge in [-0.05, 0) is 52.2 Å². The van der Waals surface area contributed by atoms with Gasteiger partial charge in [0.2, 0.25) is 5.89 Å². The maximum atomic E-state index is 5.79. The van der Waals surface area contributed by atoms with E-state index in [1.165, 1.54) is 25.9 Å². The Bertz CT molecular complexity index is 587. The average molecular weight is 274 g/mol. The molecule has 1 aromatic heterocycles. The van der Waals surface area contributed by atoms with Crippen LogP contribution in [-0.4, -0.2) is 48.0 Å². The normalized spacial score (nSPS) is 18.1. The van der Waals surface area contributed by atoms with E-state index in [1.54, 1.807) is 0 Å². The molecule has 2 aromatic rings. The summed E-state index contributed by atoms with van der Waals surface area (Å²) in [5.41, 5.74) is 8.13. The van der Waals surface area contributed by atoms with Crippen molar-refractivity contribution in [3.63, 3.8) is 0 Å². The van der Waals surface area contributed by atoms with Gasteiger partial charge < -0.3 is 15.1 Å². The highest BCUT2D eigenvalue weighted by Gasteiger charge is 2.21. The minimum Gasteiger partial charge on any atom is -0.439 e. The zero-order valence-electron chi connectivity index (χ0n) is 12.2. The van der Waals surface area contributed by atoms with Gasteiger partial charge in [0.25, 0.3) is 0 Å². The first-order valence-electron chi connectivity index (χ1n) is 7.15. The molecule has 20 heavy (non-hydrogen) atoms. The van der Waals surface area contributed by atoms with E-state index < -0.39 is 0 Å². The number of fused-ring (bicyclic) bond motifs is 1. The van der Waals surface area contributed by atoms with Gasteiger partial charge in [-0.3, -0.25) is 4.90 Å². The average Bonchev–Trinajstić information content (AvgIpc) is 2.80. The standard InChI is InChI=1S/C15H22N4O/c1-18-7-5-12(6-8-18)19(2)10-15-17-13-4-3-11(16)9-14(13)20-15/h3-4,9,12H,5-8,10,16H2,1-2H3. The Kier molecular flexibility index (Phi) is 3.63. The predicted octanol–water partition coefficient (Wildman–Crippen LogP) is 1.94. The van der Waals surface area contributed by atoms with Crippen LogP contribution in [0.5, 0.6) is 0 Å². The van der Waals surface area contributed by atoms with Gasteiger partial charge in [-0.15, -0.1) is 0 Å². The van der Waals surface area contributed by atoms with Gasteiger partial charge in [0.15, 0.2) is 5.58 Å². The van der Waals surface area contributed by atoms with Crippen LogP contribution in [0.3, 0.4) is 0 Å². The number of hydrogen-bond donors (Lipinski definition) is 1. The highest BCUT2D eigenvalue weighted by atomic mass is 16.3. The number of anilines is 1. The van der Waals surface area contributed by atoms with E-state index in [2.05, 4.69) is 28.9 Å². The lowest BCUT2D eigenvalue weighted by atomic mass is 10.0. The summed E-state index contributed by atoms with van der Waals surface area (Å²) in [5, 5.41) is 0. The summed E-state index contributed by atoms with van der Waals surface area (Å²) in [7, 11) is 4.33. The second-order valence-electron chi connectivity index (χ2n) is 5.78. The van der Waals surface area contributed by atoms with Crippen LogP contribution >= 0.6 is 0 Å². The molecule has 0 amide bonds. The van der Waals surface area contributed by atoms with Crippen LogP contribution in [0, 0.1) is 0 Å². The number of nitrogens with zero attached hydrogens (tertiary/aromatic N) is 3. The molecule has 0 atom stereocenters. The van der Waals surface area contributed by atoms with E-state index in [1.807, 2.05) is 18.2 Å². The van der Waals surface area contributed by atoms with E-state index in [0.29, 0.717) is 11.7 Å². The van der Waals surface area contributed by atoms with Gasteiger partial charge in [0.1, 0.15) is 5.52 Å². The second-order valence-corrected chi connectivity index (χ2v) is 5.78. The summed E-state index contributed by atoms with van der Waals surface area (Å²) < 4.78 is 5.79. The fourth-order valence-electron chi connectivity index (χ4n) is 2.83. The number of rotatable bonds is 3. The quantitative estimate of drug-likeness (QED) is 0.867. The first kappa shape index (κ1) is 13.4. The fourth-order valence-corrected chi connectivity index (χ4v) is 2.83. The number of benzene rings is 1. The minimum atomic E-state index is 0.617. The van der Waals surface area contributed by atoms with Crippen LogP contribution in [0.25, 0.3) is 11.1 Å². The largest absolute Gasteiger partial charge is 0.439 e.